The van der Waals surface area contributed by atoms with E-state index in [0.29, 0.717) is 5.69 Å². The van der Waals surface area contributed by atoms with Gasteiger partial charge in [-0.1, -0.05) is 17.7 Å². The zero-order valence-corrected chi connectivity index (χ0v) is 15.0. The summed E-state index contributed by atoms with van der Waals surface area (Å²) in [6.45, 7) is 1.46. The Bertz CT molecular complexity index is 726. The van der Waals surface area contributed by atoms with Crippen molar-refractivity contribution in [1.82, 2.24) is 4.90 Å². The average Bonchev–Trinajstić information content (AvgIpc) is 3.07. The van der Waals surface area contributed by atoms with Gasteiger partial charge in [-0.2, -0.15) is 11.3 Å². The molecule has 0 fully saturated rings. The van der Waals surface area contributed by atoms with Gasteiger partial charge in [-0.15, -0.1) is 0 Å². The SMILES string of the molecule is Cc1ccc(NC(=O)CN(C)C(=O)COC(=O)Cc2ccsc2)cc1. The number of nitrogens with one attached hydrogen (secondary N) is 1. The Hall–Kier alpha value is -2.67. The van der Waals surface area contributed by atoms with E-state index in [2.05, 4.69) is 5.32 Å². The standard InChI is InChI=1S/C18H20N2O4S/c1-13-3-5-15(6-4-13)19-16(21)10-20(2)17(22)11-24-18(23)9-14-7-8-25-12-14/h3-8,12H,9-11H2,1-2H3,(H,19,21). The van der Waals surface area contributed by atoms with Crippen molar-refractivity contribution < 1.29 is 19.1 Å². The lowest BCUT2D eigenvalue weighted by Crippen LogP contribution is -2.37. The molecule has 1 heterocycles. The maximum Gasteiger partial charge on any atom is 0.310 e. The van der Waals surface area contributed by atoms with Gasteiger partial charge in [0.15, 0.2) is 6.61 Å². The molecule has 0 aliphatic heterocycles. The van der Waals surface area contributed by atoms with Gasteiger partial charge in [0.25, 0.3) is 5.91 Å². The lowest BCUT2D eigenvalue weighted by Gasteiger charge is -2.16. The van der Waals surface area contributed by atoms with Crippen LogP contribution in [-0.2, 0) is 25.5 Å². The number of nitrogens with zero attached hydrogens (tertiary/aromatic N) is 1. The molecule has 1 N–H and O–H groups in total. The monoisotopic (exact) mass is 360 g/mol. The fourth-order valence-corrected chi connectivity index (χ4v) is 2.67. The van der Waals surface area contributed by atoms with Crippen LogP contribution in [0.4, 0.5) is 5.69 Å². The molecule has 2 aromatic rings. The molecule has 0 bridgehead atoms. The average molecular weight is 360 g/mol. The summed E-state index contributed by atoms with van der Waals surface area (Å²) in [6, 6.07) is 9.19. The number of thiophene rings is 1. The quantitative estimate of drug-likeness (QED) is 0.769. The minimum Gasteiger partial charge on any atom is -0.455 e. The molecule has 0 saturated carbocycles. The van der Waals surface area contributed by atoms with Gasteiger partial charge >= 0.3 is 5.97 Å². The number of esters is 1. The molecule has 0 aliphatic carbocycles. The molecule has 2 amide bonds. The Morgan fingerprint density at radius 1 is 1.16 bits per heavy atom. The Morgan fingerprint density at radius 3 is 2.52 bits per heavy atom. The first-order valence-corrected chi connectivity index (χ1v) is 8.65. The second kappa shape index (κ2) is 8.98. The molecule has 7 heteroatoms. The van der Waals surface area contributed by atoms with Gasteiger partial charge in [0.2, 0.25) is 5.91 Å². The van der Waals surface area contributed by atoms with Crippen molar-refractivity contribution in [3.8, 4) is 0 Å². The summed E-state index contributed by atoms with van der Waals surface area (Å²) in [4.78, 5) is 36.8. The molecular weight excluding hydrogens is 340 g/mol. The first-order chi connectivity index (χ1) is 11.9. The fraction of sp³-hybridized carbons (Fsp3) is 0.278. The highest BCUT2D eigenvalue weighted by molar-refractivity contribution is 7.07. The van der Waals surface area contributed by atoms with Crippen molar-refractivity contribution in [1.29, 1.82) is 0 Å². The number of carbonyl (C=O) groups is 3. The highest BCUT2D eigenvalue weighted by Crippen LogP contribution is 2.09. The second-order valence-electron chi connectivity index (χ2n) is 5.63. The number of aryl methyl sites for hydroxylation is 1. The highest BCUT2D eigenvalue weighted by Gasteiger charge is 2.15. The van der Waals surface area contributed by atoms with Crippen LogP contribution >= 0.6 is 11.3 Å². The molecule has 6 nitrogen and oxygen atoms in total. The molecule has 0 aliphatic rings. The molecule has 25 heavy (non-hydrogen) atoms. The molecule has 132 valence electrons. The molecular formula is C18H20N2O4S. The second-order valence-corrected chi connectivity index (χ2v) is 6.41. The Balaban J connectivity index is 1.72. The third-order valence-electron chi connectivity index (χ3n) is 3.43. The van der Waals surface area contributed by atoms with Gasteiger partial charge < -0.3 is 15.0 Å². The number of amides is 2. The summed E-state index contributed by atoms with van der Waals surface area (Å²) in [5.41, 5.74) is 2.61. The number of anilines is 1. The molecule has 0 atom stereocenters. The molecule has 2 rings (SSSR count). The van der Waals surface area contributed by atoms with Crippen molar-refractivity contribution in [3.63, 3.8) is 0 Å². The molecule has 1 aromatic heterocycles. The maximum absolute atomic E-state index is 12.0. The lowest BCUT2D eigenvalue weighted by atomic mass is 10.2. The Labute approximate surface area is 150 Å². The third kappa shape index (κ3) is 6.39. The van der Waals surface area contributed by atoms with Crippen LogP contribution in [0.2, 0.25) is 0 Å². The van der Waals surface area contributed by atoms with Crippen molar-refractivity contribution >= 4 is 34.8 Å². The summed E-state index contributed by atoms with van der Waals surface area (Å²) in [7, 11) is 1.49. The molecule has 1 aromatic carbocycles. The lowest BCUT2D eigenvalue weighted by molar-refractivity contribution is -0.151. The zero-order valence-electron chi connectivity index (χ0n) is 14.2. The summed E-state index contributed by atoms with van der Waals surface area (Å²) in [5.74, 6) is -1.22. The van der Waals surface area contributed by atoms with E-state index in [4.69, 9.17) is 4.74 Å². The van der Waals surface area contributed by atoms with E-state index in [9.17, 15) is 14.4 Å². The molecule has 0 radical (unpaired) electrons. The van der Waals surface area contributed by atoms with E-state index in [1.807, 2.05) is 35.9 Å². The van der Waals surface area contributed by atoms with Gasteiger partial charge in [-0.25, -0.2) is 0 Å². The summed E-state index contributed by atoms with van der Waals surface area (Å²) in [5, 5.41) is 6.43. The number of benzene rings is 1. The Kier molecular flexibility index (Phi) is 6.71. The number of ether oxygens (including phenoxy) is 1. The van der Waals surface area contributed by atoms with Crippen LogP contribution in [0.5, 0.6) is 0 Å². The van der Waals surface area contributed by atoms with Crippen LogP contribution in [0.1, 0.15) is 11.1 Å². The van der Waals surface area contributed by atoms with Crippen molar-refractivity contribution in [2.24, 2.45) is 0 Å². The van der Waals surface area contributed by atoms with Crippen LogP contribution < -0.4 is 5.32 Å². The number of hydrogen-bond donors (Lipinski definition) is 1. The van der Waals surface area contributed by atoms with E-state index < -0.39 is 11.9 Å². The minimum atomic E-state index is -0.468. The van der Waals surface area contributed by atoms with E-state index >= 15 is 0 Å². The minimum absolute atomic E-state index is 0.116. The van der Waals surface area contributed by atoms with Crippen LogP contribution in [0.3, 0.4) is 0 Å². The Morgan fingerprint density at radius 2 is 1.88 bits per heavy atom. The fourth-order valence-electron chi connectivity index (χ4n) is 2.00. The zero-order chi connectivity index (χ0) is 18.2. The first kappa shape index (κ1) is 18.7. The van der Waals surface area contributed by atoms with Crippen LogP contribution in [-0.4, -0.2) is 42.9 Å². The van der Waals surface area contributed by atoms with Crippen LogP contribution in [0, 0.1) is 6.92 Å². The molecule has 0 saturated heterocycles. The van der Waals surface area contributed by atoms with Gasteiger partial charge in [-0.3, -0.25) is 14.4 Å². The van der Waals surface area contributed by atoms with Gasteiger partial charge in [0.1, 0.15) is 0 Å². The number of likely N-dealkylation sites (N-methyl/N-ethyl adjacent to an activating group) is 1. The normalized spacial score (nSPS) is 10.2. The maximum atomic E-state index is 12.0. The molecule has 0 unspecified atom stereocenters. The topological polar surface area (TPSA) is 75.7 Å². The smallest absolute Gasteiger partial charge is 0.310 e. The largest absolute Gasteiger partial charge is 0.455 e. The van der Waals surface area contributed by atoms with E-state index in [1.54, 1.807) is 12.1 Å². The third-order valence-corrected chi connectivity index (χ3v) is 4.16. The van der Waals surface area contributed by atoms with E-state index in [0.717, 1.165) is 11.1 Å². The summed E-state index contributed by atoms with van der Waals surface area (Å²) in [6.07, 6.45) is 0.133. The highest BCUT2D eigenvalue weighted by atomic mass is 32.1. The van der Waals surface area contributed by atoms with Crippen molar-refractivity contribution in [3.05, 3.63) is 52.2 Å². The van der Waals surface area contributed by atoms with Gasteiger partial charge in [-0.05, 0) is 41.4 Å². The van der Waals surface area contributed by atoms with E-state index in [1.165, 1.54) is 23.3 Å². The molecule has 0 spiro atoms. The van der Waals surface area contributed by atoms with Crippen LogP contribution in [0.15, 0.2) is 41.1 Å². The van der Waals surface area contributed by atoms with E-state index in [-0.39, 0.29) is 25.5 Å². The predicted molar refractivity (Wildman–Crippen MR) is 96.4 cm³/mol. The predicted octanol–water partition coefficient (Wildman–Crippen LogP) is 2.24. The van der Waals surface area contributed by atoms with Crippen molar-refractivity contribution in [2.75, 3.05) is 25.5 Å². The van der Waals surface area contributed by atoms with Crippen LogP contribution in [0.25, 0.3) is 0 Å². The van der Waals surface area contributed by atoms with Crippen molar-refractivity contribution in [2.45, 2.75) is 13.3 Å². The first-order valence-electron chi connectivity index (χ1n) is 7.71. The van der Waals surface area contributed by atoms with Gasteiger partial charge in [0, 0.05) is 12.7 Å². The summed E-state index contributed by atoms with van der Waals surface area (Å²) >= 11 is 1.49. The number of hydrogen-bond acceptors (Lipinski definition) is 5. The number of carbonyl (C=O) groups excluding carboxylic acids is 3. The summed E-state index contributed by atoms with van der Waals surface area (Å²) < 4.78 is 4.95. The number of rotatable bonds is 7. The van der Waals surface area contributed by atoms with Gasteiger partial charge in [0.05, 0.1) is 13.0 Å².